The van der Waals surface area contributed by atoms with E-state index in [-0.39, 0.29) is 11.0 Å². The largest absolute Gasteiger partial charge is 0.324 e. The van der Waals surface area contributed by atoms with Crippen molar-refractivity contribution in [3.63, 3.8) is 0 Å². The van der Waals surface area contributed by atoms with Crippen LogP contribution in [0.25, 0.3) is 0 Å². The van der Waals surface area contributed by atoms with Gasteiger partial charge in [-0.05, 0) is 13.0 Å². The van der Waals surface area contributed by atoms with Crippen molar-refractivity contribution in [2.45, 2.75) is 13.0 Å². The van der Waals surface area contributed by atoms with Crippen molar-refractivity contribution in [3.05, 3.63) is 27.1 Å². The highest BCUT2D eigenvalue weighted by atomic mass is 32.1. The smallest absolute Gasteiger partial charge is 0.324 e. The molecule has 0 spiro atoms. The topological polar surface area (TPSA) is 69.2 Å². The molecule has 0 aliphatic rings. The molecule has 5 heteroatoms. The van der Waals surface area contributed by atoms with E-state index in [0.29, 0.717) is 0 Å². The third-order valence-electron chi connectivity index (χ3n) is 1.24. The van der Waals surface area contributed by atoms with Crippen molar-refractivity contribution < 1.29 is 4.92 Å². The summed E-state index contributed by atoms with van der Waals surface area (Å²) >= 11 is 1.12. The van der Waals surface area contributed by atoms with E-state index in [0.717, 1.165) is 16.2 Å². The zero-order valence-corrected chi connectivity index (χ0v) is 6.80. The lowest BCUT2D eigenvalue weighted by molar-refractivity contribution is -0.380. The highest BCUT2D eigenvalue weighted by molar-refractivity contribution is 7.15. The molecular weight excluding hydrogens is 164 g/mol. The minimum Gasteiger partial charge on any atom is -0.324 e. The standard InChI is InChI=1S/C6H8N2O2S/c1-4(7)5-2-3-6(11-5)8(9)10/h2-4H,7H2,1H3. The first-order valence-corrected chi connectivity index (χ1v) is 3.92. The quantitative estimate of drug-likeness (QED) is 0.545. The van der Waals surface area contributed by atoms with Gasteiger partial charge in [-0.3, -0.25) is 10.1 Å². The van der Waals surface area contributed by atoms with Crippen LogP contribution in [0, 0.1) is 10.1 Å². The number of nitro groups is 1. The lowest BCUT2D eigenvalue weighted by Crippen LogP contribution is -2.01. The highest BCUT2D eigenvalue weighted by Gasteiger charge is 2.11. The normalized spacial score (nSPS) is 12.9. The van der Waals surface area contributed by atoms with E-state index in [1.54, 1.807) is 13.0 Å². The van der Waals surface area contributed by atoms with E-state index in [4.69, 9.17) is 5.73 Å². The fraction of sp³-hybridized carbons (Fsp3) is 0.333. The molecule has 1 rings (SSSR count). The summed E-state index contributed by atoms with van der Waals surface area (Å²) in [4.78, 5) is 10.6. The van der Waals surface area contributed by atoms with Gasteiger partial charge in [0.25, 0.3) is 0 Å². The Morgan fingerprint density at radius 3 is 2.64 bits per heavy atom. The summed E-state index contributed by atoms with van der Waals surface area (Å²) in [6.45, 7) is 1.80. The van der Waals surface area contributed by atoms with Gasteiger partial charge in [-0.2, -0.15) is 0 Å². The van der Waals surface area contributed by atoms with Gasteiger partial charge in [0, 0.05) is 17.0 Å². The molecule has 0 aromatic carbocycles. The second kappa shape index (κ2) is 2.98. The molecule has 4 nitrogen and oxygen atoms in total. The molecule has 0 amide bonds. The Morgan fingerprint density at radius 2 is 2.36 bits per heavy atom. The maximum absolute atomic E-state index is 10.2. The highest BCUT2D eigenvalue weighted by Crippen LogP contribution is 2.27. The van der Waals surface area contributed by atoms with Crippen LogP contribution in [-0.4, -0.2) is 4.92 Å². The van der Waals surface area contributed by atoms with Gasteiger partial charge in [0.15, 0.2) is 0 Å². The van der Waals surface area contributed by atoms with Crippen molar-refractivity contribution in [2.75, 3.05) is 0 Å². The molecule has 1 unspecified atom stereocenters. The molecule has 60 valence electrons. The third-order valence-corrected chi connectivity index (χ3v) is 2.48. The minimum atomic E-state index is -0.406. The van der Waals surface area contributed by atoms with Gasteiger partial charge in [-0.15, -0.1) is 0 Å². The van der Waals surface area contributed by atoms with E-state index in [2.05, 4.69) is 0 Å². The fourth-order valence-electron chi connectivity index (χ4n) is 0.685. The second-order valence-corrected chi connectivity index (χ2v) is 3.32. The summed E-state index contributed by atoms with van der Waals surface area (Å²) in [5.41, 5.74) is 5.52. The molecule has 0 bridgehead atoms. The summed E-state index contributed by atoms with van der Waals surface area (Å²) in [7, 11) is 0. The third kappa shape index (κ3) is 1.75. The molecule has 0 aliphatic carbocycles. The van der Waals surface area contributed by atoms with E-state index in [1.165, 1.54) is 6.07 Å². The van der Waals surface area contributed by atoms with Crippen LogP contribution in [-0.2, 0) is 0 Å². The monoisotopic (exact) mass is 172 g/mol. The van der Waals surface area contributed by atoms with Crippen molar-refractivity contribution in [1.82, 2.24) is 0 Å². The maximum atomic E-state index is 10.2. The van der Waals surface area contributed by atoms with E-state index in [1.807, 2.05) is 0 Å². The number of nitrogens with zero attached hydrogens (tertiary/aromatic N) is 1. The van der Waals surface area contributed by atoms with E-state index in [9.17, 15) is 10.1 Å². The Bertz CT molecular complexity index is 269. The van der Waals surface area contributed by atoms with Crippen molar-refractivity contribution in [2.24, 2.45) is 5.73 Å². The molecule has 1 aromatic heterocycles. The van der Waals surface area contributed by atoms with E-state index < -0.39 is 4.92 Å². The number of hydrogen-bond acceptors (Lipinski definition) is 4. The Morgan fingerprint density at radius 1 is 1.73 bits per heavy atom. The minimum absolute atomic E-state index is 0.117. The maximum Gasteiger partial charge on any atom is 0.324 e. The van der Waals surface area contributed by atoms with Crippen LogP contribution in [0.1, 0.15) is 17.8 Å². The second-order valence-electron chi connectivity index (χ2n) is 2.22. The van der Waals surface area contributed by atoms with Crippen LogP contribution in [0.3, 0.4) is 0 Å². The first-order valence-electron chi connectivity index (χ1n) is 3.11. The number of thiophene rings is 1. The van der Waals surface area contributed by atoms with Gasteiger partial charge in [0.1, 0.15) is 0 Å². The Balaban J connectivity index is 2.90. The predicted octanol–water partition coefficient (Wildman–Crippen LogP) is 1.68. The number of nitrogens with two attached hydrogens (primary N) is 1. The fourth-order valence-corrected chi connectivity index (χ4v) is 1.46. The molecule has 0 fully saturated rings. The molecular formula is C6H8N2O2S. The van der Waals surface area contributed by atoms with E-state index >= 15 is 0 Å². The van der Waals surface area contributed by atoms with Crippen LogP contribution in [0.15, 0.2) is 12.1 Å². The number of hydrogen-bond donors (Lipinski definition) is 1. The van der Waals surface area contributed by atoms with Gasteiger partial charge < -0.3 is 5.73 Å². The molecule has 1 atom stereocenters. The summed E-state index contributed by atoms with van der Waals surface area (Å²) in [6, 6.07) is 3.05. The molecule has 0 saturated carbocycles. The Labute approximate surface area is 67.8 Å². The predicted molar refractivity (Wildman–Crippen MR) is 43.6 cm³/mol. The van der Waals surface area contributed by atoms with Crippen LogP contribution in [0.2, 0.25) is 0 Å². The first kappa shape index (κ1) is 8.16. The Kier molecular flexibility index (Phi) is 2.21. The summed E-state index contributed by atoms with van der Waals surface area (Å²) < 4.78 is 0. The summed E-state index contributed by atoms with van der Waals surface area (Å²) in [6.07, 6.45) is 0. The van der Waals surface area contributed by atoms with Gasteiger partial charge in [-0.25, -0.2) is 0 Å². The van der Waals surface area contributed by atoms with Crippen molar-refractivity contribution in [1.29, 1.82) is 0 Å². The Hall–Kier alpha value is -0.940. The summed E-state index contributed by atoms with van der Waals surface area (Å²) in [5, 5.41) is 10.4. The average molecular weight is 172 g/mol. The SMILES string of the molecule is CC(N)c1ccc([N+](=O)[O-])s1. The lowest BCUT2D eigenvalue weighted by atomic mass is 10.3. The zero-order valence-electron chi connectivity index (χ0n) is 5.98. The molecule has 0 radical (unpaired) electrons. The molecule has 1 heterocycles. The van der Waals surface area contributed by atoms with Crippen LogP contribution in [0.5, 0.6) is 0 Å². The first-order chi connectivity index (χ1) is 5.11. The van der Waals surface area contributed by atoms with Crippen molar-refractivity contribution in [3.8, 4) is 0 Å². The summed E-state index contributed by atoms with van der Waals surface area (Å²) in [5.74, 6) is 0. The van der Waals surface area contributed by atoms with Crippen LogP contribution < -0.4 is 5.73 Å². The van der Waals surface area contributed by atoms with Gasteiger partial charge >= 0.3 is 5.00 Å². The van der Waals surface area contributed by atoms with Gasteiger partial charge in [-0.1, -0.05) is 11.3 Å². The number of rotatable bonds is 2. The average Bonchev–Trinajstić information content (AvgIpc) is 2.33. The van der Waals surface area contributed by atoms with Crippen molar-refractivity contribution >= 4 is 16.3 Å². The lowest BCUT2D eigenvalue weighted by Gasteiger charge is -1.96. The molecule has 1 aromatic rings. The zero-order chi connectivity index (χ0) is 8.43. The van der Waals surface area contributed by atoms with Gasteiger partial charge in [0.2, 0.25) is 0 Å². The van der Waals surface area contributed by atoms with Gasteiger partial charge in [0.05, 0.1) is 4.92 Å². The molecule has 2 N–H and O–H groups in total. The molecule has 0 aliphatic heterocycles. The molecule has 0 saturated heterocycles. The van der Waals surface area contributed by atoms with Crippen LogP contribution in [0.4, 0.5) is 5.00 Å². The van der Waals surface area contributed by atoms with Crippen LogP contribution >= 0.6 is 11.3 Å². The molecule has 11 heavy (non-hydrogen) atoms.